The molecule has 1 heterocycles. The molecule has 0 aliphatic carbocycles. The van der Waals surface area contributed by atoms with E-state index >= 15 is 0 Å². The van der Waals surface area contributed by atoms with E-state index in [0.29, 0.717) is 16.8 Å². The van der Waals surface area contributed by atoms with Crippen LogP contribution in [0.5, 0.6) is 0 Å². The molecule has 0 fully saturated rings. The molecule has 3 rings (SSSR count). The van der Waals surface area contributed by atoms with E-state index < -0.39 is 23.1 Å². The van der Waals surface area contributed by atoms with Gasteiger partial charge in [0.1, 0.15) is 18.2 Å². The van der Waals surface area contributed by atoms with Gasteiger partial charge in [-0.3, -0.25) is 9.59 Å². The summed E-state index contributed by atoms with van der Waals surface area (Å²) < 4.78 is 27.3. The average Bonchev–Trinajstić information content (AvgIpc) is 2.53. The van der Waals surface area contributed by atoms with E-state index in [2.05, 4.69) is 10.4 Å². The third-order valence-corrected chi connectivity index (χ3v) is 3.26. The molecule has 23 heavy (non-hydrogen) atoms. The van der Waals surface area contributed by atoms with Crippen molar-refractivity contribution in [3.05, 3.63) is 70.6 Å². The van der Waals surface area contributed by atoms with Crippen molar-refractivity contribution in [2.45, 2.75) is 6.54 Å². The topological polar surface area (TPSA) is 64.0 Å². The molecule has 0 saturated heterocycles. The highest BCUT2D eigenvalue weighted by atomic mass is 19.1. The summed E-state index contributed by atoms with van der Waals surface area (Å²) in [4.78, 5) is 24.2. The van der Waals surface area contributed by atoms with Crippen molar-refractivity contribution in [3.8, 4) is 0 Å². The minimum Gasteiger partial charge on any atom is -0.322 e. The van der Waals surface area contributed by atoms with Gasteiger partial charge in [-0.1, -0.05) is 18.2 Å². The van der Waals surface area contributed by atoms with Crippen LogP contribution in [0.2, 0.25) is 0 Å². The van der Waals surface area contributed by atoms with Gasteiger partial charge in [-0.05, 0) is 18.2 Å². The van der Waals surface area contributed by atoms with Crippen LogP contribution in [-0.2, 0) is 11.3 Å². The molecule has 0 spiro atoms. The van der Waals surface area contributed by atoms with Gasteiger partial charge in [-0.2, -0.15) is 5.10 Å². The van der Waals surface area contributed by atoms with Crippen molar-refractivity contribution in [1.82, 2.24) is 9.78 Å². The molecule has 3 aromatic rings. The minimum atomic E-state index is -0.892. The van der Waals surface area contributed by atoms with E-state index in [-0.39, 0.29) is 12.2 Å². The number of halogens is 2. The van der Waals surface area contributed by atoms with Crippen LogP contribution in [0.15, 0.2) is 53.5 Å². The predicted octanol–water partition coefficient (Wildman–Crippen LogP) is 2.31. The van der Waals surface area contributed by atoms with E-state index in [1.165, 1.54) is 6.20 Å². The van der Waals surface area contributed by atoms with Gasteiger partial charge in [0.2, 0.25) is 5.91 Å². The Kier molecular flexibility index (Phi) is 3.84. The number of hydrogen-bond donors (Lipinski definition) is 1. The van der Waals surface area contributed by atoms with Crippen molar-refractivity contribution in [2.24, 2.45) is 0 Å². The fraction of sp³-hybridized carbons (Fsp3) is 0.0625. The number of fused-ring (bicyclic) bond motifs is 1. The molecule has 0 saturated carbocycles. The molecule has 7 heteroatoms. The van der Waals surface area contributed by atoms with Crippen LogP contribution in [-0.4, -0.2) is 15.7 Å². The third kappa shape index (κ3) is 3.08. The van der Waals surface area contributed by atoms with Gasteiger partial charge in [-0.15, -0.1) is 0 Å². The molecule has 0 atom stereocenters. The molecule has 1 N–H and O–H groups in total. The van der Waals surface area contributed by atoms with E-state index in [4.69, 9.17) is 0 Å². The Morgan fingerprint density at radius 2 is 1.96 bits per heavy atom. The van der Waals surface area contributed by atoms with E-state index in [1.54, 1.807) is 24.3 Å². The zero-order chi connectivity index (χ0) is 16.4. The predicted molar refractivity (Wildman–Crippen MR) is 81.0 cm³/mol. The first-order chi connectivity index (χ1) is 11.0. The Balaban J connectivity index is 1.83. The van der Waals surface area contributed by atoms with Gasteiger partial charge >= 0.3 is 0 Å². The quantitative estimate of drug-likeness (QED) is 0.807. The highest BCUT2D eigenvalue weighted by Gasteiger charge is 2.11. The second-order valence-electron chi connectivity index (χ2n) is 4.87. The first-order valence-electron chi connectivity index (χ1n) is 6.74. The maximum Gasteiger partial charge on any atom is 0.275 e. The van der Waals surface area contributed by atoms with Crippen molar-refractivity contribution < 1.29 is 13.6 Å². The van der Waals surface area contributed by atoms with Crippen molar-refractivity contribution in [3.63, 3.8) is 0 Å². The van der Waals surface area contributed by atoms with E-state index in [9.17, 15) is 18.4 Å². The SMILES string of the molecule is O=C(Cn1ncc2ccccc2c1=O)Nc1ccc(F)cc1F. The van der Waals surface area contributed by atoms with Crippen LogP contribution >= 0.6 is 0 Å². The first-order valence-corrected chi connectivity index (χ1v) is 6.74. The van der Waals surface area contributed by atoms with Gasteiger partial charge in [0.25, 0.3) is 5.56 Å². The van der Waals surface area contributed by atoms with Crippen LogP contribution in [0.4, 0.5) is 14.5 Å². The van der Waals surface area contributed by atoms with E-state index in [1.807, 2.05) is 0 Å². The molecule has 116 valence electrons. The minimum absolute atomic E-state index is 0.162. The molecular weight excluding hydrogens is 304 g/mol. The smallest absolute Gasteiger partial charge is 0.275 e. The zero-order valence-corrected chi connectivity index (χ0v) is 11.8. The summed E-state index contributed by atoms with van der Waals surface area (Å²) >= 11 is 0. The lowest BCUT2D eigenvalue weighted by molar-refractivity contribution is -0.117. The summed E-state index contributed by atoms with van der Waals surface area (Å²) in [7, 11) is 0. The summed E-state index contributed by atoms with van der Waals surface area (Å²) in [5, 5.41) is 7.29. The maximum atomic E-state index is 13.5. The van der Waals surface area contributed by atoms with Crippen LogP contribution < -0.4 is 10.9 Å². The Labute approximate surface area is 129 Å². The highest BCUT2D eigenvalue weighted by Crippen LogP contribution is 2.14. The number of nitrogens with one attached hydrogen (secondary N) is 1. The average molecular weight is 315 g/mol. The number of hydrogen-bond acceptors (Lipinski definition) is 3. The molecule has 1 amide bonds. The molecule has 0 radical (unpaired) electrons. The Morgan fingerprint density at radius 1 is 1.17 bits per heavy atom. The lowest BCUT2D eigenvalue weighted by Gasteiger charge is -2.08. The number of amides is 1. The number of rotatable bonds is 3. The highest BCUT2D eigenvalue weighted by molar-refractivity contribution is 5.90. The van der Waals surface area contributed by atoms with Gasteiger partial charge in [0.15, 0.2) is 0 Å². The zero-order valence-electron chi connectivity index (χ0n) is 11.8. The van der Waals surface area contributed by atoms with Crippen molar-refractivity contribution >= 4 is 22.4 Å². The number of benzene rings is 2. The molecule has 5 nitrogen and oxygen atoms in total. The lowest BCUT2D eigenvalue weighted by atomic mass is 10.2. The lowest BCUT2D eigenvalue weighted by Crippen LogP contribution is -2.29. The fourth-order valence-electron chi connectivity index (χ4n) is 2.16. The molecule has 2 aromatic carbocycles. The van der Waals surface area contributed by atoms with Gasteiger partial charge in [0, 0.05) is 11.5 Å². The summed E-state index contributed by atoms with van der Waals surface area (Å²) in [6.45, 7) is -0.375. The van der Waals surface area contributed by atoms with Gasteiger partial charge in [-0.25, -0.2) is 13.5 Å². The van der Waals surface area contributed by atoms with Crippen molar-refractivity contribution in [2.75, 3.05) is 5.32 Å². The largest absolute Gasteiger partial charge is 0.322 e. The first kappa shape index (κ1) is 14.8. The van der Waals surface area contributed by atoms with Gasteiger partial charge < -0.3 is 5.32 Å². The van der Waals surface area contributed by atoms with E-state index in [0.717, 1.165) is 16.8 Å². The molecule has 0 bridgehead atoms. The number of carbonyl (C=O) groups excluding carboxylic acids is 1. The second-order valence-corrected chi connectivity index (χ2v) is 4.87. The summed E-state index contributed by atoms with van der Waals surface area (Å²) in [5.41, 5.74) is -0.580. The number of anilines is 1. The summed E-state index contributed by atoms with van der Waals surface area (Å²) in [6.07, 6.45) is 1.47. The third-order valence-electron chi connectivity index (χ3n) is 3.26. The number of nitrogens with zero attached hydrogens (tertiary/aromatic N) is 2. The second kappa shape index (κ2) is 5.96. The Morgan fingerprint density at radius 3 is 2.74 bits per heavy atom. The van der Waals surface area contributed by atoms with Crippen molar-refractivity contribution in [1.29, 1.82) is 0 Å². The Bertz CT molecular complexity index is 953. The summed E-state index contributed by atoms with van der Waals surface area (Å²) in [5.74, 6) is -2.27. The normalized spacial score (nSPS) is 10.7. The van der Waals surface area contributed by atoms with Crippen LogP contribution in [0.1, 0.15) is 0 Å². The summed E-state index contributed by atoms with van der Waals surface area (Å²) in [6, 6.07) is 9.66. The van der Waals surface area contributed by atoms with Crippen LogP contribution in [0.25, 0.3) is 10.8 Å². The maximum absolute atomic E-state index is 13.5. The monoisotopic (exact) mass is 315 g/mol. The molecule has 0 aliphatic rings. The standard InChI is InChI=1S/C16H11F2N3O2/c17-11-5-6-14(13(18)7-11)20-15(22)9-21-16(23)12-4-2-1-3-10(12)8-19-21/h1-8H,9H2,(H,20,22). The Hall–Kier alpha value is -3.09. The van der Waals surface area contributed by atoms with Gasteiger partial charge in [0.05, 0.1) is 17.3 Å². The molecule has 0 unspecified atom stereocenters. The number of carbonyl (C=O) groups is 1. The molecule has 0 aliphatic heterocycles. The van der Waals surface area contributed by atoms with Crippen LogP contribution in [0, 0.1) is 11.6 Å². The fourth-order valence-corrected chi connectivity index (χ4v) is 2.16. The van der Waals surface area contributed by atoms with Crippen LogP contribution in [0.3, 0.4) is 0 Å². The molecule has 1 aromatic heterocycles. The number of aromatic nitrogens is 2. The molecular formula is C16H11F2N3O2.